The minimum atomic E-state index is 0. The second-order valence-corrected chi connectivity index (χ2v) is 5.69. The largest absolute Gasteiger partial charge is 0.491 e. The van der Waals surface area contributed by atoms with Crippen molar-refractivity contribution in [3.63, 3.8) is 0 Å². The fourth-order valence-corrected chi connectivity index (χ4v) is 2.38. The van der Waals surface area contributed by atoms with Gasteiger partial charge in [0.2, 0.25) is 0 Å². The molecule has 2 aromatic rings. The Kier molecular flexibility index (Phi) is 10.7. The van der Waals surface area contributed by atoms with E-state index in [4.69, 9.17) is 9.47 Å². The molecule has 0 aromatic heterocycles. The Balaban J connectivity index is 0.00000338. The van der Waals surface area contributed by atoms with Crippen LogP contribution in [0.25, 0.3) is 0 Å². The van der Waals surface area contributed by atoms with Crippen LogP contribution in [0.15, 0.2) is 53.5 Å². The highest BCUT2D eigenvalue weighted by Gasteiger charge is 2.02. The van der Waals surface area contributed by atoms with Gasteiger partial charge in [0.25, 0.3) is 0 Å². The summed E-state index contributed by atoms with van der Waals surface area (Å²) in [6.45, 7) is 4.66. The van der Waals surface area contributed by atoms with Gasteiger partial charge in [-0.25, -0.2) is 0 Å². The summed E-state index contributed by atoms with van der Waals surface area (Å²) >= 11 is 0. The van der Waals surface area contributed by atoms with Crippen molar-refractivity contribution in [2.24, 2.45) is 4.99 Å². The number of rotatable bonds is 8. The number of methoxy groups -OCH3 is 1. The number of nitrogens with zero attached hydrogens (tertiary/aromatic N) is 1. The molecule has 26 heavy (non-hydrogen) atoms. The van der Waals surface area contributed by atoms with E-state index >= 15 is 0 Å². The number of hydrogen-bond acceptors (Lipinski definition) is 3. The zero-order valence-corrected chi connectivity index (χ0v) is 17.9. The summed E-state index contributed by atoms with van der Waals surface area (Å²) in [5, 5.41) is 6.67. The van der Waals surface area contributed by atoms with Crippen LogP contribution in [0.4, 0.5) is 0 Å². The number of nitrogens with one attached hydrogen (secondary N) is 2. The van der Waals surface area contributed by atoms with Crippen molar-refractivity contribution < 1.29 is 9.47 Å². The number of aliphatic imine (C=N–C) groups is 1. The summed E-state index contributed by atoms with van der Waals surface area (Å²) in [5.74, 6) is 1.62. The normalized spacial score (nSPS) is 10.8. The minimum Gasteiger partial charge on any atom is -0.491 e. The third-order valence-electron chi connectivity index (χ3n) is 3.85. The SMILES string of the molecule is CN=C(NCc1cccc(OCCOC)c1)NCc1ccccc1C.I. The number of benzene rings is 2. The average Bonchev–Trinajstić information content (AvgIpc) is 2.64. The zero-order chi connectivity index (χ0) is 17.9. The molecule has 2 rings (SSSR count). The number of ether oxygens (including phenoxy) is 2. The molecule has 0 aliphatic rings. The molecule has 0 aliphatic heterocycles. The Morgan fingerprint density at radius 1 is 1.00 bits per heavy atom. The summed E-state index contributed by atoms with van der Waals surface area (Å²) in [4.78, 5) is 4.28. The number of halogens is 1. The van der Waals surface area contributed by atoms with Gasteiger partial charge in [0.1, 0.15) is 12.4 Å². The molecule has 0 unspecified atom stereocenters. The lowest BCUT2D eigenvalue weighted by Crippen LogP contribution is -2.36. The standard InChI is InChI=1S/C20H27N3O2.HI/c1-16-7-4-5-9-18(16)15-23-20(21-2)22-14-17-8-6-10-19(13-17)25-12-11-24-3;/h4-10,13H,11-12,14-15H2,1-3H3,(H2,21,22,23);1H. The third-order valence-corrected chi connectivity index (χ3v) is 3.85. The number of hydrogen-bond donors (Lipinski definition) is 2. The van der Waals surface area contributed by atoms with E-state index in [1.165, 1.54) is 11.1 Å². The monoisotopic (exact) mass is 469 g/mol. The minimum absolute atomic E-state index is 0. The quantitative estimate of drug-likeness (QED) is 0.269. The van der Waals surface area contributed by atoms with Gasteiger partial charge < -0.3 is 20.1 Å². The molecule has 0 aliphatic carbocycles. The van der Waals surface area contributed by atoms with Crippen LogP contribution in [0.2, 0.25) is 0 Å². The molecule has 6 heteroatoms. The van der Waals surface area contributed by atoms with Gasteiger partial charge in [-0.2, -0.15) is 0 Å². The molecule has 2 N–H and O–H groups in total. The first-order chi connectivity index (χ1) is 12.2. The predicted molar refractivity (Wildman–Crippen MR) is 117 cm³/mol. The van der Waals surface area contributed by atoms with Crippen molar-refractivity contribution in [3.8, 4) is 5.75 Å². The molecule has 0 saturated carbocycles. The van der Waals surface area contributed by atoms with Crippen molar-refractivity contribution in [2.75, 3.05) is 27.4 Å². The van der Waals surface area contributed by atoms with E-state index in [1.54, 1.807) is 14.2 Å². The van der Waals surface area contributed by atoms with Crippen LogP contribution in [0.3, 0.4) is 0 Å². The lowest BCUT2D eigenvalue weighted by Gasteiger charge is -2.14. The summed E-state index contributed by atoms with van der Waals surface area (Å²) in [7, 11) is 3.44. The second kappa shape index (κ2) is 12.5. The molecule has 2 aromatic carbocycles. The molecular weight excluding hydrogens is 441 g/mol. The Morgan fingerprint density at radius 3 is 2.50 bits per heavy atom. The first kappa shape index (κ1) is 22.2. The lowest BCUT2D eigenvalue weighted by molar-refractivity contribution is 0.146. The van der Waals surface area contributed by atoms with Gasteiger partial charge in [0, 0.05) is 27.2 Å². The molecule has 0 amide bonds. The average molecular weight is 469 g/mol. The van der Waals surface area contributed by atoms with Crippen molar-refractivity contribution >= 4 is 29.9 Å². The highest BCUT2D eigenvalue weighted by Crippen LogP contribution is 2.13. The van der Waals surface area contributed by atoms with Gasteiger partial charge in [-0.15, -0.1) is 24.0 Å². The smallest absolute Gasteiger partial charge is 0.191 e. The van der Waals surface area contributed by atoms with E-state index in [0.29, 0.717) is 19.8 Å². The third kappa shape index (κ3) is 7.61. The topological polar surface area (TPSA) is 54.9 Å². The summed E-state index contributed by atoms with van der Waals surface area (Å²) in [6, 6.07) is 16.4. The van der Waals surface area contributed by atoms with Crippen LogP contribution in [0.5, 0.6) is 5.75 Å². The zero-order valence-electron chi connectivity index (χ0n) is 15.6. The molecule has 0 heterocycles. The van der Waals surface area contributed by atoms with Crippen molar-refractivity contribution in [3.05, 3.63) is 65.2 Å². The van der Waals surface area contributed by atoms with Crippen LogP contribution in [-0.2, 0) is 17.8 Å². The molecule has 0 radical (unpaired) electrons. The van der Waals surface area contributed by atoms with Gasteiger partial charge >= 0.3 is 0 Å². The van der Waals surface area contributed by atoms with E-state index in [-0.39, 0.29) is 24.0 Å². The number of guanidine groups is 1. The van der Waals surface area contributed by atoms with Crippen LogP contribution < -0.4 is 15.4 Å². The molecule has 142 valence electrons. The summed E-state index contributed by atoms with van der Waals surface area (Å²) < 4.78 is 10.6. The maximum absolute atomic E-state index is 5.64. The summed E-state index contributed by atoms with van der Waals surface area (Å²) in [5.41, 5.74) is 3.67. The molecule has 0 bridgehead atoms. The predicted octanol–water partition coefficient (Wildman–Crippen LogP) is 3.50. The maximum atomic E-state index is 5.64. The van der Waals surface area contributed by atoms with Gasteiger partial charge in [-0.05, 0) is 35.7 Å². The highest BCUT2D eigenvalue weighted by molar-refractivity contribution is 14.0. The maximum Gasteiger partial charge on any atom is 0.191 e. The second-order valence-electron chi connectivity index (χ2n) is 5.69. The number of aryl methyl sites for hydroxylation is 1. The first-order valence-electron chi connectivity index (χ1n) is 8.42. The van der Waals surface area contributed by atoms with Crippen molar-refractivity contribution in [2.45, 2.75) is 20.0 Å². The van der Waals surface area contributed by atoms with Gasteiger partial charge in [-0.3, -0.25) is 4.99 Å². The van der Waals surface area contributed by atoms with Crippen molar-refractivity contribution in [1.82, 2.24) is 10.6 Å². The highest BCUT2D eigenvalue weighted by atomic mass is 127. The fraction of sp³-hybridized carbons (Fsp3) is 0.350. The summed E-state index contributed by atoms with van der Waals surface area (Å²) in [6.07, 6.45) is 0. The van der Waals surface area contributed by atoms with E-state index in [1.807, 2.05) is 24.3 Å². The van der Waals surface area contributed by atoms with E-state index in [9.17, 15) is 0 Å². The first-order valence-corrected chi connectivity index (χ1v) is 8.42. The van der Waals surface area contributed by atoms with E-state index in [2.05, 4.69) is 46.8 Å². The van der Waals surface area contributed by atoms with Gasteiger partial charge in [0.05, 0.1) is 6.61 Å². The van der Waals surface area contributed by atoms with Crippen LogP contribution in [0.1, 0.15) is 16.7 Å². The molecular formula is C20H28IN3O2. The van der Waals surface area contributed by atoms with Crippen LogP contribution in [-0.4, -0.2) is 33.3 Å². The van der Waals surface area contributed by atoms with Gasteiger partial charge in [-0.1, -0.05) is 36.4 Å². The van der Waals surface area contributed by atoms with Crippen LogP contribution >= 0.6 is 24.0 Å². The Morgan fingerprint density at radius 2 is 1.77 bits per heavy atom. The lowest BCUT2D eigenvalue weighted by atomic mass is 10.1. The van der Waals surface area contributed by atoms with E-state index in [0.717, 1.165) is 23.8 Å². The van der Waals surface area contributed by atoms with E-state index < -0.39 is 0 Å². The molecule has 0 saturated heterocycles. The fourth-order valence-electron chi connectivity index (χ4n) is 2.38. The molecule has 5 nitrogen and oxygen atoms in total. The Labute approximate surface area is 173 Å². The molecule has 0 spiro atoms. The Bertz CT molecular complexity index is 692. The Hall–Kier alpha value is -1.80. The molecule has 0 atom stereocenters. The van der Waals surface area contributed by atoms with Gasteiger partial charge in [0.15, 0.2) is 5.96 Å². The van der Waals surface area contributed by atoms with Crippen LogP contribution in [0, 0.1) is 6.92 Å². The molecule has 0 fully saturated rings. The van der Waals surface area contributed by atoms with Crippen molar-refractivity contribution in [1.29, 1.82) is 0 Å².